The molecule has 0 bridgehead atoms. The minimum atomic E-state index is -0.496. The van der Waals surface area contributed by atoms with Crippen LogP contribution in [0.25, 0.3) is 0 Å². The molecule has 21 heavy (non-hydrogen) atoms. The number of carbonyl (C=O) groups excluding carboxylic acids is 2. The lowest BCUT2D eigenvalue weighted by Crippen LogP contribution is -2.44. The fraction of sp³-hybridized carbons (Fsp3) is 0.714. The maximum Gasteiger partial charge on any atom is 0.245 e. The normalized spacial score (nSPS) is 23.4. The van der Waals surface area contributed by atoms with E-state index in [1.54, 1.807) is 11.8 Å². The first-order chi connectivity index (χ1) is 9.88. The summed E-state index contributed by atoms with van der Waals surface area (Å²) in [6.45, 7) is 8.96. The molecule has 1 fully saturated rings. The first-order valence-corrected chi connectivity index (χ1v) is 7.35. The second-order valence-corrected chi connectivity index (χ2v) is 6.06. The van der Waals surface area contributed by atoms with Crippen LogP contribution in [0.2, 0.25) is 0 Å². The first kappa shape index (κ1) is 15.5. The van der Waals surface area contributed by atoms with E-state index in [2.05, 4.69) is 29.2 Å². The molecule has 1 aliphatic heterocycles. The van der Waals surface area contributed by atoms with Crippen LogP contribution in [0.3, 0.4) is 0 Å². The molecule has 1 saturated heterocycles. The van der Waals surface area contributed by atoms with Crippen LogP contribution in [-0.4, -0.2) is 43.6 Å². The average molecular weight is 293 g/mol. The fourth-order valence-corrected chi connectivity index (χ4v) is 2.50. The van der Waals surface area contributed by atoms with Crippen molar-refractivity contribution in [1.82, 2.24) is 25.0 Å². The summed E-state index contributed by atoms with van der Waals surface area (Å²) in [6, 6.07) is -0.643. The van der Waals surface area contributed by atoms with Crippen molar-refractivity contribution in [2.45, 2.75) is 59.3 Å². The Hall–Kier alpha value is -1.92. The first-order valence-electron chi connectivity index (χ1n) is 7.35. The molecule has 0 saturated carbocycles. The highest BCUT2D eigenvalue weighted by atomic mass is 16.2. The molecule has 0 aliphatic carbocycles. The Morgan fingerprint density at radius 1 is 1.38 bits per heavy atom. The van der Waals surface area contributed by atoms with Crippen molar-refractivity contribution in [2.75, 3.05) is 0 Å². The van der Waals surface area contributed by atoms with Gasteiger partial charge in [0.25, 0.3) is 0 Å². The molecular formula is C14H23N5O2. The molecule has 2 rings (SSSR count). The zero-order valence-electron chi connectivity index (χ0n) is 13.0. The van der Waals surface area contributed by atoms with Crippen LogP contribution in [0, 0.1) is 5.92 Å². The monoisotopic (exact) mass is 293 g/mol. The maximum atomic E-state index is 12.4. The summed E-state index contributed by atoms with van der Waals surface area (Å²) in [5.41, 5.74) is 0. The summed E-state index contributed by atoms with van der Waals surface area (Å²) < 4.78 is 1.83. The zero-order chi connectivity index (χ0) is 15.6. The number of hydrogen-bond donors (Lipinski definition) is 1. The predicted octanol–water partition coefficient (Wildman–Crippen LogP) is 0.560. The molecule has 1 aromatic heterocycles. The van der Waals surface area contributed by atoms with Gasteiger partial charge >= 0.3 is 0 Å². The van der Waals surface area contributed by atoms with E-state index in [0.717, 1.165) is 12.4 Å². The Morgan fingerprint density at radius 3 is 2.76 bits per heavy atom. The van der Waals surface area contributed by atoms with E-state index < -0.39 is 6.04 Å². The van der Waals surface area contributed by atoms with Gasteiger partial charge in [-0.3, -0.25) is 9.59 Å². The number of aromatic nitrogens is 3. The number of amides is 2. The molecule has 0 spiro atoms. The molecule has 2 atom stereocenters. The molecular weight excluding hydrogens is 270 g/mol. The maximum absolute atomic E-state index is 12.4. The molecule has 0 radical (unpaired) electrons. The smallest absolute Gasteiger partial charge is 0.245 e. The van der Waals surface area contributed by atoms with Gasteiger partial charge in [-0.1, -0.05) is 13.8 Å². The highest BCUT2D eigenvalue weighted by molar-refractivity contribution is 5.90. The Balaban J connectivity index is 2.18. The van der Waals surface area contributed by atoms with Crippen molar-refractivity contribution >= 4 is 11.8 Å². The topological polar surface area (TPSA) is 80.1 Å². The second-order valence-electron chi connectivity index (χ2n) is 6.06. The van der Waals surface area contributed by atoms with Gasteiger partial charge in [0.05, 0.1) is 6.54 Å². The van der Waals surface area contributed by atoms with Crippen molar-refractivity contribution in [3.63, 3.8) is 0 Å². The lowest BCUT2D eigenvalue weighted by atomic mass is 10.2. The Labute approximate surface area is 124 Å². The summed E-state index contributed by atoms with van der Waals surface area (Å²) >= 11 is 0. The Morgan fingerprint density at radius 2 is 2.10 bits per heavy atom. The predicted molar refractivity (Wildman–Crippen MR) is 77.1 cm³/mol. The molecule has 1 aliphatic rings. The van der Waals surface area contributed by atoms with Crippen molar-refractivity contribution in [3.8, 4) is 0 Å². The van der Waals surface area contributed by atoms with Crippen LogP contribution < -0.4 is 5.32 Å². The number of nitrogens with zero attached hydrogens (tertiary/aromatic N) is 4. The van der Waals surface area contributed by atoms with Crippen LogP contribution in [0.5, 0.6) is 0 Å². The summed E-state index contributed by atoms with van der Waals surface area (Å²) in [4.78, 5) is 30.1. The van der Waals surface area contributed by atoms with E-state index in [4.69, 9.17) is 0 Å². The minimum absolute atomic E-state index is 0.0764. The molecule has 7 heteroatoms. The molecule has 1 aromatic rings. The summed E-state index contributed by atoms with van der Waals surface area (Å²) in [5.74, 6) is 1.04. The molecule has 0 aromatic carbocycles. The third kappa shape index (κ3) is 3.59. The van der Waals surface area contributed by atoms with Gasteiger partial charge in [0, 0.05) is 19.0 Å². The van der Waals surface area contributed by atoms with Crippen LogP contribution in [-0.2, 0) is 22.7 Å². The van der Waals surface area contributed by atoms with Crippen LogP contribution in [0.1, 0.15) is 39.9 Å². The number of nitrogens with one attached hydrogen (secondary N) is 1. The minimum Gasteiger partial charge on any atom is -0.345 e. The van der Waals surface area contributed by atoms with Crippen LogP contribution in [0.15, 0.2) is 6.33 Å². The standard InChI is InChI=1S/C14H23N5O2/c1-9(2)6-19-12(15-8-16-19)7-18-10(3)5-13(20)17-11(4)14(18)21/h8-11H,5-7H2,1-4H3,(H,17,20). The summed E-state index contributed by atoms with van der Waals surface area (Å²) in [5, 5.41) is 6.92. The van der Waals surface area contributed by atoms with Gasteiger partial charge < -0.3 is 10.2 Å². The highest BCUT2D eigenvalue weighted by Gasteiger charge is 2.32. The number of hydrogen-bond acceptors (Lipinski definition) is 4. The third-order valence-corrected chi connectivity index (χ3v) is 3.59. The zero-order valence-corrected chi connectivity index (χ0v) is 13.0. The van der Waals surface area contributed by atoms with Gasteiger partial charge in [-0.15, -0.1) is 0 Å². The SMILES string of the molecule is CC(C)Cn1ncnc1CN1C(=O)C(C)NC(=O)CC1C. The quantitative estimate of drug-likeness (QED) is 0.879. The van der Waals surface area contributed by atoms with Crippen molar-refractivity contribution in [3.05, 3.63) is 12.2 Å². The largest absolute Gasteiger partial charge is 0.345 e. The molecule has 2 amide bonds. The molecule has 1 N–H and O–H groups in total. The van der Waals surface area contributed by atoms with E-state index in [1.807, 2.05) is 11.6 Å². The molecule has 7 nitrogen and oxygen atoms in total. The average Bonchev–Trinajstić information content (AvgIpc) is 2.77. The van der Waals surface area contributed by atoms with Gasteiger partial charge in [0.15, 0.2) is 0 Å². The van der Waals surface area contributed by atoms with Gasteiger partial charge in [-0.05, 0) is 19.8 Å². The van der Waals surface area contributed by atoms with Crippen LogP contribution in [0.4, 0.5) is 0 Å². The van der Waals surface area contributed by atoms with Gasteiger partial charge in [-0.2, -0.15) is 5.10 Å². The van der Waals surface area contributed by atoms with Crippen LogP contribution >= 0.6 is 0 Å². The van der Waals surface area contributed by atoms with E-state index in [0.29, 0.717) is 18.9 Å². The lowest BCUT2D eigenvalue weighted by molar-refractivity contribution is -0.135. The summed E-state index contributed by atoms with van der Waals surface area (Å²) in [6.07, 6.45) is 1.83. The van der Waals surface area contributed by atoms with Gasteiger partial charge in [0.2, 0.25) is 11.8 Å². The number of rotatable bonds is 4. The van der Waals surface area contributed by atoms with Gasteiger partial charge in [0.1, 0.15) is 18.2 Å². The van der Waals surface area contributed by atoms with E-state index in [-0.39, 0.29) is 17.9 Å². The second kappa shape index (κ2) is 6.24. The lowest BCUT2D eigenvalue weighted by Gasteiger charge is -2.27. The Kier molecular flexibility index (Phi) is 4.59. The molecule has 116 valence electrons. The third-order valence-electron chi connectivity index (χ3n) is 3.59. The van der Waals surface area contributed by atoms with Crippen molar-refractivity contribution in [1.29, 1.82) is 0 Å². The fourth-order valence-electron chi connectivity index (χ4n) is 2.50. The Bertz CT molecular complexity index is 525. The van der Waals surface area contributed by atoms with E-state index in [9.17, 15) is 9.59 Å². The molecule has 2 heterocycles. The van der Waals surface area contributed by atoms with Gasteiger partial charge in [-0.25, -0.2) is 9.67 Å². The molecule has 2 unspecified atom stereocenters. The van der Waals surface area contributed by atoms with E-state index >= 15 is 0 Å². The number of carbonyl (C=O) groups is 2. The highest BCUT2D eigenvalue weighted by Crippen LogP contribution is 2.15. The van der Waals surface area contributed by atoms with E-state index in [1.165, 1.54) is 6.33 Å². The summed E-state index contributed by atoms with van der Waals surface area (Å²) in [7, 11) is 0. The van der Waals surface area contributed by atoms with Crippen molar-refractivity contribution in [2.24, 2.45) is 5.92 Å². The van der Waals surface area contributed by atoms with Crippen molar-refractivity contribution < 1.29 is 9.59 Å².